The van der Waals surface area contributed by atoms with Gasteiger partial charge in [-0.2, -0.15) is 0 Å². The molecular weight excluding hydrogens is 424 g/mol. The number of nitro benzene ring substituents is 1. The Morgan fingerprint density at radius 1 is 1.20 bits per heavy atom. The minimum Gasteiger partial charge on any atom is -0.403 e. The Hall–Kier alpha value is -3.24. The van der Waals surface area contributed by atoms with E-state index in [9.17, 15) is 14.9 Å². The smallest absolute Gasteiger partial charge is 0.322 e. The van der Waals surface area contributed by atoms with Crippen molar-refractivity contribution in [2.75, 3.05) is 5.32 Å². The summed E-state index contributed by atoms with van der Waals surface area (Å²) in [5.74, 6) is -0.110. The third-order valence-corrected chi connectivity index (χ3v) is 6.15. The van der Waals surface area contributed by atoms with Gasteiger partial charge in [0.25, 0.3) is 11.6 Å². The van der Waals surface area contributed by atoms with Crippen LogP contribution in [0.3, 0.4) is 0 Å². The van der Waals surface area contributed by atoms with Crippen LogP contribution in [0.15, 0.2) is 57.8 Å². The molecule has 4 aromatic rings. The van der Waals surface area contributed by atoms with Crippen molar-refractivity contribution in [2.24, 2.45) is 0 Å². The number of aromatic nitrogens is 2. The summed E-state index contributed by atoms with van der Waals surface area (Å²) in [5, 5.41) is 22.5. The number of hydrogen-bond donors (Lipinski definition) is 1. The van der Waals surface area contributed by atoms with Crippen LogP contribution in [-0.4, -0.2) is 26.3 Å². The largest absolute Gasteiger partial charge is 0.403 e. The van der Waals surface area contributed by atoms with E-state index in [0.29, 0.717) is 21.4 Å². The van der Waals surface area contributed by atoms with Crippen molar-refractivity contribution < 1.29 is 14.1 Å². The van der Waals surface area contributed by atoms with Crippen molar-refractivity contribution in [3.8, 4) is 11.5 Å². The topological polar surface area (TPSA) is 111 Å². The number of nitrogens with zero attached hydrogens (tertiary/aromatic N) is 3. The number of thiophene rings is 1. The molecule has 10 heteroatoms. The Balaban J connectivity index is 1.52. The zero-order chi connectivity index (χ0) is 21.3. The van der Waals surface area contributed by atoms with E-state index in [0.717, 1.165) is 15.2 Å². The highest BCUT2D eigenvalue weighted by molar-refractivity contribution is 7.99. The number of nitro groups is 1. The summed E-state index contributed by atoms with van der Waals surface area (Å²) >= 11 is 2.95. The van der Waals surface area contributed by atoms with Gasteiger partial charge >= 0.3 is 6.01 Å². The van der Waals surface area contributed by atoms with Crippen molar-refractivity contribution in [3.05, 3.63) is 63.5 Å². The Kier molecular flexibility index (Phi) is 5.51. The summed E-state index contributed by atoms with van der Waals surface area (Å²) < 4.78 is 6.37. The summed E-state index contributed by atoms with van der Waals surface area (Å²) in [7, 11) is 0. The molecule has 4 rings (SSSR count). The molecule has 1 amide bonds. The fourth-order valence-electron chi connectivity index (χ4n) is 2.78. The highest BCUT2D eigenvalue weighted by Gasteiger charge is 2.17. The SMILES string of the molecule is CC(C)Sc1cccc(-c2nnc(NC(=O)c3cc4cc([N+](=O)[O-])ccc4s3)o2)c1. The molecule has 0 bridgehead atoms. The van der Waals surface area contributed by atoms with Crippen molar-refractivity contribution in [2.45, 2.75) is 24.0 Å². The third-order valence-electron chi connectivity index (χ3n) is 4.03. The van der Waals surface area contributed by atoms with E-state index in [1.54, 1.807) is 23.9 Å². The average molecular weight is 441 g/mol. The molecule has 0 spiro atoms. The molecule has 2 aromatic heterocycles. The maximum Gasteiger partial charge on any atom is 0.322 e. The quantitative estimate of drug-likeness (QED) is 0.235. The maximum atomic E-state index is 12.6. The number of anilines is 1. The number of carbonyl (C=O) groups excluding carboxylic acids is 1. The van der Waals surface area contributed by atoms with Crippen molar-refractivity contribution in [1.29, 1.82) is 0 Å². The minimum atomic E-state index is -0.467. The normalized spacial score (nSPS) is 11.2. The Labute approximate surface area is 179 Å². The van der Waals surface area contributed by atoms with Gasteiger partial charge in [0.15, 0.2) is 0 Å². The number of nitrogens with one attached hydrogen (secondary N) is 1. The van der Waals surface area contributed by atoms with Gasteiger partial charge in [0.2, 0.25) is 5.89 Å². The highest BCUT2D eigenvalue weighted by atomic mass is 32.2. The predicted molar refractivity (Wildman–Crippen MR) is 117 cm³/mol. The van der Waals surface area contributed by atoms with Crippen LogP contribution in [0.1, 0.15) is 23.5 Å². The number of amides is 1. The number of rotatable bonds is 6. The van der Waals surface area contributed by atoms with Crippen LogP contribution in [0.25, 0.3) is 21.5 Å². The zero-order valence-electron chi connectivity index (χ0n) is 16.0. The summed E-state index contributed by atoms with van der Waals surface area (Å²) in [6.07, 6.45) is 0. The number of non-ortho nitro benzene ring substituents is 1. The summed E-state index contributed by atoms with van der Waals surface area (Å²) in [6, 6.07) is 13.8. The molecule has 0 aliphatic carbocycles. The van der Waals surface area contributed by atoms with E-state index >= 15 is 0 Å². The van der Waals surface area contributed by atoms with Gasteiger partial charge in [-0.1, -0.05) is 25.0 Å². The molecule has 152 valence electrons. The molecule has 0 fully saturated rings. The van der Waals surface area contributed by atoms with E-state index in [4.69, 9.17) is 4.42 Å². The van der Waals surface area contributed by atoms with Gasteiger partial charge in [0.1, 0.15) is 0 Å². The molecule has 2 aromatic carbocycles. The highest BCUT2D eigenvalue weighted by Crippen LogP contribution is 2.30. The molecule has 0 aliphatic heterocycles. The van der Waals surface area contributed by atoms with E-state index < -0.39 is 10.8 Å². The van der Waals surface area contributed by atoms with Gasteiger partial charge in [-0.05, 0) is 30.3 Å². The molecule has 2 heterocycles. The molecule has 0 saturated carbocycles. The fourth-order valence-corrected chi connectivity index (χ4v) is 4.61. The van der Waals surface area contributed by atoms with Gasteiger partial charge in [-0.3, -0.25) is 20.2 Å². The maximum absolute atomic E-state index is 12.6. The van der Waals surface area contributed by atoms with Crippen molar-refractivity contribution in [1.82, 2.24) is 10.2 Å². The van der Waals surface area contributed by atoms with Crippen LogP contribution >= 0.6 is 23.1 Å². The number of carbonyl (C=O) groups is 1. The van der Waals surface area contributed by atoms with Crippen LogP contribution in [-0.2, 0) is 0 Å². The summed E-state index contributed by atoms with van der Waals surface area (Å²) in [5.41, 5.74) is 0.745. The van der Waals surface area contributed by atoms with Gasteiger partial charge in [0.05, 0.1) is 9.80 Å². The lowest BCUT2D eigenvalue weighted by Gasteiger charge is -2.05. The first-order valence-corrected chi connectivity index (χ1v) is 10.7. The first-order valence-electron chi connectivity index (χ1n) is 8.99. The molecule has 0 saturated heterocycles. The lowest BCUT2D eigenvalue weighted by molar-refractivity contribution is -0.384. The summed E-state index contributed by atoms with van der Waals surface area (Å²) in [4.78, 5) is 24.5. The lowest BCUT2D eigenvalue weighted by atomic mass is 10.2. The van der Waals surface area contributed by atoms with Crippen LogP contribution in [0.2, 0.25) is 0 Å². The molecule has 0 radical (unpaired) electrons. The van der Waals surface area contributed by atoms with E-state index in [1.165, 1.54) is 23.5 Å². The number of fused-ring (bicyclic) bond motifs is 1. The molecule has 0 atom stereocenters. The Morgan fingerprint density at radius 3 is 2.80 bits per heavy atom. The van der Waals surface area contributed by atoms with Crippen molar-refractivity contribution in [3.63, 3.8) is 0 Å². The second kappa shape index (κ2) is 8.25. The molecule has 8 nitrogen and oxygen atoms in total. The predicted octanol–water partition coefficient (Wildman–Crippen LogP) is 5.61. The second-order valence-corrected chi connectivity index (χ2v) is 9.38. The second-order valence-electron chi connectivity index (χ2n) is 6.65. The third kappa shape index (κ3) is 4.34. The van der Waals surface area contributed by atoms with Crippen LogP contribution < -0.4 is 5.32 Å². The molecule has 1 N–H and O–H groups in total. The van der Waals surface area contributed by atoms with Crippen LogP contribution in [0, 0.1) is 10.1 Å². The Bertz CT molecular complexity index is 1250. The molecule has 0 aliphatic rings. The number of hydrogen-bond acceptors (Lipinski definition) is 8. The van der Waals surface area contributed by atoms with Gasteiger partial charge < -0.3 is 4.42 Å². The summed E-state index contributed by atoms with van der Waals surface area (Å²) in [6.45, 7) is 4.23. The van der Waals surface area contributed by atoms with E-state index in [-0.39, 0.29) is 11.7 Å². The van der Waals surface area contributed by atoms with Gasteiger partial charge in [-0.25, -0.2) is 0 Å². The van der Waals surface area contributed by atoms with Crippen LogP contribution in [0.4, 0.5) is 11.7 Å². The molecular formula is C20H16N4O4S2. The van der Waals surface area contributed by atoms with Crippen LogP contribution in [0.5, 0.6) is 0 Å². The standard InChI is InChI=1S/C20H16N4O4S2/c1-11(2)29-15-5-3-4-12(9-15)19-22-23-20(28-19)21-18(25)17-10-13-8-14(24(26)27)6-7-16(13)30-17/h3-11H,1-2H3,(H,21,23,25). The minimum absolute atomic E-state index is 0.0136. The zero-order valence-corrected chi connectivity index (χ0v) is 17.6. The Morgan fingerprint density at radius 2 is 2.03 bits per heavy atom. The monoisotopic (exact) mass is 440 g/mol. The molecule has 30 heavy (non-hydrogen) atoms. The first-order chi connectivity index (χ1) is 14.4. The van der Waals surface area contributed by atoms with E-state index in [1.807, 2.05) is 24.3 Å². The van der Waals surface area contributed by atoms with Gasteiger partial charge in [0, 0.05) is 37.9 Å². The lowest BCUT2D eigenvalue weighted by Crippen LogP contribution is -2.10. The number of benzene rings is 2. The molecule has 0 unspecified atom stereocenters. The fraction of sp³-hybridized carbons (Fsp3) is 0.150. The average Bonchev–Trinajstić information content (AvgIpc) is 3.34. The first kappa shape index (κ1) is 20.0. The number of thioether (sulfide) groups is 1. The van der Waals surface area contributed by atoms with E-state index in [2.05, 4.69) is 29.4 Å². The van der Waals surface area contributed by atoms with Gasteiger partial charge in [-0.15, -0.1) is 28.2 Å². The van der Waals surface area contributed by atoms with Crippen molar-refractivity contribution >= 4 is 50.8 Å².